The summed E-state index contributed by atoms with van der Waals surface area (Å²) in [5, 5.41) is 9.94. The topological polar surface area (TPSA) is 3.24 Å². The van der Waals surface area contributed by atoms with Gasteiger partial charge in [0.25, 0.3) is 0 Å². The first-order valence-corrected chi connectivity index (χ1v) is 16.2. The van der Waals surface area contributed by atoms with Crippen molar-refractivity contribution in [2.45, 2.75) is 0 Å². The summed E-state index contributed by atoms with van der Waals surface area (Å²) in [6, 6.07) is 68.4. The zero-order valence-corrected chi connectivity index (χ0v) is 25.8. The quantitative estimate of drug-likeness (QED) is 0.178. The van der Waals surface area contributed by atoms with Crippen molar-refractivity contribution >= 4 is 60.2 Å². The maximum Gasteiger partial charge on any atom is 0.0546 e. The Morgan fingerprint density at radius 3 is 1.68 bits per heavy atom. The van der Waals surface area contributed by atoms with Gasteiger partial charge in [-0.15, -0.1) is 0 Å². The Kier molecular flexibility index (Phi) is 6.54. The summed E-state index contributed by atoms with van der Waals surface area (Å²) in [6.45, 7) is 0. The van der Waals surface area contributed by atoms with Crippen molar-refractivity contribution in [3.05, 3.63) is 188 Å². The third kappa shape index (κ3) is 4.72. The highest BCUT2D eigenvalue weighted by Crippen LogP contribution is 2.45. The fourth-order valence-electron chi connectivity index (χ4n) is 7.20. The summed E-state index contributed by atoms with van der Waals surface area (Å²) in [6.07, 6.45) is 0. The average molecular weight is 598 g/mol. The predicted molar refractivity (Wildman–Crippen MR) is 202 cm³/mol. The molecule has 0 aliphatic carbocycles. The Morgan fingerprint density at radius 1 is 0.298 bits per heavy atom. The molecule has 0 aromatic heterocycles. The molecule has 0 aliphatic heterocycles. The second kappa shape index (κ2) is 11.3. The molecular formula is C46H31N. The molecule has 0 saturated heterocycles. The van der Waals surface area contributed by atoms with Crippen molar-refractivity contribution in [1.29, 1.82) is 0 Å². The van der Waals surface area contributed by atoms with Crippen LogP contribution in [0.3, 0.4) is 0 Å². The van der Waals surface area contributed by atoms with Gasteiger partial charge in [0.15, 0.2) is 0 Å². The van der Waals surface area contributed by atoms with Crippen LogP contribution in [0.5, 0.6) is 0 Å². The summed E-state index contributed by atoms with van der Waals surface area (Å²) < 4.78 is 0. The van der Waals surface area contributed by atoms with E-state index in [1.165, 1.54) is 65.3 Å². The number of benzene rings is 9. The van der Waals surface area contributed by atoms with Gasteiger partial charge in [-0.05, 0) is 90.3 Å². The zero-order chi connectivity index (χ0) is 31.2. The lowest BCUT2D eigenvalue weighted by Crippen LogP contribution is -2.11. The summed E-state index contributed by atoms with van der Waals surface area (Å²) in [7, 11) is 0. The number of rotatable bonds is 5. The van der Waals surface area contributed by atoms with Crippen LogP contribution in [0.1, 0.15) is 0 Å². The van der Waals surface area contributed by atoms with E-state index in [2.05, 4.69) is 193 Å². The molecule has 0 amide bonds. The first-order chi connectivity index (χ1) is 23.3. The van der Waals surface area contributed by atoms with E-state index in [1.807, 2.05) is 0 Å². The Morgan fingerprint density at radius 2 is 0.851 bits per heavy atom. The molecule has 0 unspecified atom stereocenters. The van der Waals surface area contributed by atoms with Gasteiger partial charge in [-0.3, -0.25) is 0 Å². The molecule has 9 aromatic carbocycles. The van der Waals surface area contributed by atoms with Gasteiger partial charge in [-0.25, -0.2) is 0 Å². The number of hydrogen-bond acceptors (Lipinski definition) is 1. The van der Waals surface area contributed by atoms with Crippen LogP contribution in [0.4, 0.5) is 17.1 Å². The minimum absolute atomic E-state index is 1.12. The maximum absolute atomic E-state index is 2.45. The van der Waals surface area contributed by atoms with E-state index in [-0.39, 0.29) is 0 Å². The van der Waals surface area contributed by atoms with Crippen LogP contribution in [-0.2, 0) is 0 Å². The van der Waals surface area contributed by atoms with E-state index >= 15 is 0 Å². The first kappa shape index (κ1) is 27.2. The van der Waals surface area contributed by atoms with Gasteiger partial charge >= 0.3 is 0 Å². The molecule has 0 aliphatic rings. The molecule has 9 aromatic rings. The molecule has 1 heteroatoms. The predicted octanol–water partition coefficient (Wildman–Crippen LogP) is 13.1. The lowest BCUT2D eigenvalue weighted by Gasteiger charge is -2.29. The number of anilines is 3. The highest BCUT2D eigenvalue weighted by atomic mass is 15.1. The first-order valence-electron chi connectivity index (χ1n) is 16.2. The fourth-order valence-corrected chi connectivity index (χ4v) is 7.20. The lowest BCUT2D eigenvalue weighted by atomic mass is 9.92. The monoisotopic (exact) mass is 597 g/mol. The van der Waals surface area contributed by atoms with Crippen molar-refractivity contribution in [3.8, 4) is 22.3 Å². The summed E-state index contributed by atoms with van der Waals surface area (Å²) in [5.41, 5.74) is 8.25. The Bertz CT molecular complexity index is 2570. The molecule has 0 fully saturated rings. The minimum atomic E-state index is 1.12. The van der Waals surface area contributed by atoms with E-state index in [1.54, 1.807) is 0 Å². The van der Waals surface area contributed by atoms with Gasteiger partial charge in [-0.1, -0.05) is 158 Å². The fraction of sp³-hybridized carbons (Fsp3) is 0. The number of fused-ring (bicyclic) bond motifs is 5. The van der Waals surface area contributed by atoms with Crippen molar-refractivity contribution in [2.75, 3.05) is 4.90 Å². The van der Waals surface area contributed by atoms with E-state index < -0.39 is 0 Å². The van der Waals surface area contributed by atoms with Crippen LogP contribution < -0.4 is 4.90 Å². The lowest BCUT2D eigenvalue weighted by molar-refractivity contribution is 1.30. The van der Waals surface area contributed by atoms with Crippen molar-refractivity contribution < 1.29 is 0 Å². The standard InChI is InChI=1S/C46H31N/c1-2-12-32(13-3-1)37-19-8-20-38(30-37)47(39-29-28-35-27-26-34-15-5-7-22-41(34)44(35)31-39)45-25-11-18-36-17-10-24-43(46(36)45)42-23-9-16-33-14-4-6-21-40(33)42/h1-31H. The van der Waals surface area contributed by atoms with Gasteiger partial charge < -0.3 is 4.90 Å². The normalized spacial score (nSPS) is 11.4. The van der Waals surface area contributed by atoms with Gasteiger partial charge in [0, 0.05) is 16.8 Å². The van der Waals surface area contributed by atoms with Gasteiger partial charge in [0.2, 0.25) is 0 Å². The van der Waals surface area contributed by atoms with E-state index in [0.29, 0.717) is 0 Å². The molecule has 0 N–H and O–H groups in total. The van der Waals surface area contributed by atoms with Crippen molar-refractivity contribution in [2.24, 2.45) is 0 Å². The van der Waals surface area contributed by atoms with E-state index in [9.17, 15) is 0 Å². The molecule has 0 spiro atoms. The smallest absolute Gasteiger partial charge is 0.0546 e. The third-order valence-corrected chi connectivity index (χ3v) is 9.40. The molecule has 47 heavy (non-hydrogen) atoms. The van der Waals surface area contributed by atoms with Crippen molar-refractivity contribution in [3.63, 3.8) is 0 Å². The molecule has 1 nitrogen and oxygen atoms in total. The number of nitrogens with zero attached hydrogens (tertiary/aromatic N) is 1. The van der Waals surface area contributed by atoms with Crippen LogP contribution in [0.25, 0.3) is 65.3 Å². The third-order valence-electron chi connectivity index (χ3n) is 9.40. The summed E-state index contributed by atoms with van der Waals surface area (Å²) >= 11 is 0. The SMILES string of the molecule is c1ccc(-c2cccc(N(c3ccc4ccc5ccccc5c4c3)c3cccc4cccc(-c5cccc6ccccc56)c34)c2)cc1. The summed E-state index contributed by atoms with van der Waals surface area (Å²) in [4.78, 5) is 2.45. The minimum Gasteiger partial charge on any atom is -0.310 e. The molecule has 220 valence electrons. The number of hydrogen-bond donors (Lipinski definition) is 0. The highest BCUT2D eigenvalue weighted by Gasteiger charge is 2.20. The van der Waals surface area contributed by atoms with Gasteiger partial charge in [0.1, 0.15) is 0 Å². The molecule has 0 bridgehead atoms. The van der Waals surface area contributed by atoms with Crippen LogP contribution in [0.2, 0.25) is 0 Å². The average Bonchev–Trinajstić information content (AvgIpc) is 3.15. The van der Waals surface area contributed by atoms with Crippen LogP contribution in [0, 0.1) is 0 Å². The van der Waals surface area contributed by atoms with Crippen LogP contribution in [-0.4, -0.2) is 0 Å². The Labute approximate surface area is 274 Å². The van der Waals surface area contributed by atoms with Gasteiger partial charge in [0.05, 0.1) is 5.69 Å². The zero-order valence-electron chi connectivity index (χ0n) is 25.8. The molecule has 0 atom stereocenters. The molecule has 0 saturated carbocycles. The van der Waals surface area contributed by atoms with Crippen molar-refractivity contribution in [1.82, 2.24) is 0 Å². The Balaban J connectivity index is 1.35. The summed E-state index contributed by atoms with van der Waals surface area (Å²) in [5.74, 6) is 0. The van der Waals surface area contributed by atoms with Gasteiger partial charge in [-0.2, -0.15) is 0 Å². The largest absolute Gasteiger partial charge is 0.310 e. The van der Waals surface area contributed by atoms with Crippen LogP contribution in [0.15, 0.2) is 188 Å². The van der Waals surface area contributed by atoms with Crippen LogP contribution >= 0.6 is 0 Å². The Hall–Kier alpha value is -6.18. The molecule has 0 heterocycles. The molecule has 0 radical (unpaired) electrons. The van der Waals surface area contributed by atoms with E-state index in [4.69, 9.17) is 0 Å². The molecular weight excluding hydrogens is 567 g/mol. The highest BCUT2D eigenvalue weighted by molar-refractivity contribution is 6.13. The second-order valence-electron chi connectivity index (χ2n) is 12.2. The van der Waals surface area contributed by atoms with E-state index in [0.717, 1.165) is 17.1 Å². The second-order valence-corrected chi connectivity index (χ2v) is 12.2. The molecule has 9 rings (SSSR count). The maximum atomic E-state index is 2.45.